The van der Waals surface area contributed by atoms with Gasteiger partial charge in [-0.25, -0.2) is 8.42 Å². The van der Waals surface area contributed by atoms with Crippen molar-refractivity contribution in [2.24, 2.45) is 0 Å². The number of likely N-dealkylation sites (tertiary alicyclic amines) is 1. The Labute approximate surface area is 148 Å². The lowest BCUT2D eigenvalue weighted by Crippen LogP contribution is -2.47. The summed E-state index contributed by atoms with van der Waals surface area (Å²) in [5.74, 6) is 0.790. The molecule has 1 fully saturated rings. The van der Waals surface area contributed by atoms with Gasteiger partial charge in [-0.1, -0.05) is 0 Å². The summed E-state index contributed by atoms with van der Waals surface area (Å²) in [7, 11) is -2.34. The molecule has 2 heterocycles. The summed E-state index contributed by atoms with van der Waals surface area (Å²) < 4.78 is 37.5. The van der Waals surface area contributed by atoms with Crippen molar-refractivity contribution in [1.29, 1.82) is 0 Å². The molecule has 138 valence electrons. The van der Waals surface area contributed by atoms with Crippen LogP contribution in [0.25, 0.3) is 0 Å². The first-order valence-electron chi connectivity index (χ1n) is 8.55. The molecule has 1 amide bonds. The summed E-state index contributed by atoms with van der Waals surface area (Å²) in [4.78, 5) is 14.4. The van der Waals surface area contributed by atoms with E-state index >= 15 is 0 Å². The van der Waals surface area contributed by atoms with Crippen molar-refractivity contribution in [2.75, 3.05) is 33.4 Å². The van der Waals surface area contributed by atoms with Crippen molar-refractivity contribution >= 4 is 15.9 Å². The largest absolute Gasteiger partial charge is 0.486 e. The monoisotopic (exact) mass is 368 g/mol. The molecule has 0 aliphatic carbocycles. The van der Waals surface area contributed by atoms with Crippen molar-refractivity contribution < 1.29 is 22.7 Å². The fraction of sp³-hybridized carbons (Fsp3) is 0.588. The molecule has 1 atom stereocenters. The van der Waals surface area contributed by atoms with E-state index in [1.54, 1.807) is 11.0 Å². The van der Waals surface area contributed by atoms with E-state index in [2.05, 4.69) is 0 Å². The molecule has 1 aromatic carbocycles. The van der Waals surface area contributed by atoms with Crippen LogP contribution in [0.3, 0.4) is 0 Å². The van der Waals surface area contributed by atoms with Crippen molar-refractivity contribution in [3.63, 3.8) is 0 Å². The van der Waals surface area contributed by atoms with Gasteiger partial charge in [0.05, 0.1) is 11.4 Å². The van der Waals surface area contributed by atoms with Gasteiger partial charge in [0.15, 0.2) is 11.5 Å². The van der Waals surface area contributed by atoms with E-state index in [1.165, 1.54) is 19.2 Å². The van der Waals surface area contributed by atoms with Crippen LogP contribution < -0.4 is 9.47 Å². The molecule has 0 aromatic heterocycles. The van der Waals surface area contributed by atoms with Crippen molar-refractivity contribution in [1.82, 2.24) is 9.21 Å². The molecule has 1 saturated heterocycles. The summed E-state index contributed by atoms with van der Waals surface area (Å²) in [6.45, 7) is 3.37. The van der Waals surface area contributed by atoms with Crippen LogP contribution in [0.2, 0.25) is 0 Å². The zero-order valence-corrected chi connectivity index (χ0v) is 15.4. The third-order valence-corrected chi connectivity index (χ3v) is 6.50. The first kappa shape index (κ1) is 18.0. The normalized spacial score (nSPS) is 20.6. The van der Waals surface area contributed by atoms with Crippen LogP contribution in [0.1, 0.15) is 26.2 Å². The number of amides is 1. The van der Waals surface area contributed by atoms with Gasteiger partial charge in [0, 0.05) is 25.7 Å². The van der Waals surface area contributed by atoms with E-state index in [1.807, 2.05) is 6.92 Å². The summed E-state index contributed by atoms with van der Waals surface area (Å²) in [6.07, 6.45) is 3.04. The molecule has 0 unspecified atom stereocenters. The maximum atomic E-state index is 12.8. The van der Waals surface area contributed by atoms with Crippen LogP contribution in [0.4, 0.5) is 0 Å². The molecule has 3 rings (SSSR count). The van der Waals surface area contributed by atoms with Gasteiger partial charge < -0.3 is 14.4 Å². The Kier molecular flexibility index (Phi) is 5.19. The minimum Gasteiger partial charge on any atom is -0.486 e. The number of benzene rings is 1. The van der Waals surface area contributed by atoms with E-state index in [0.29, 0.717) is 31.3 Å². The van der Waals surface area contributed by atoms with E-state index in [0.717, 1.165) is 23.6 Å². The van der Waals surface area contributed by atoms with Crippen LogP contribution in [0.15, 0.2) is 23.1 Å². The molecule has 25 heavy (non-hydrogen) atoms. The Hall–Kier alpha value is -1.80. The number of hydrogen-bond donors (Lipinski definition) is 0. The third-order valence-electron chi connectivity index (χ3n) is 4.70. The second-order valence-electron chi connectivity index (χ2n) is 6.50. The van der Waals surface area contributed by atoms with E-state index in [-0.39, 0.29) is 23.4 Å². The van der Waals surface area contributed by atoms with Gasteiger partial charge >= 0.3 is 0 Å². The molecule has 8 heteroatoms. The number of sulfonamides is 1. The SMILES string of the molecule is C[C@@H]1CCCCN1C(=O)CN(C)S(=O)(=O)c1ccc2c(c1)OCCO2. The predicted octanol–water partition coefficient (Wildman–Crippen LogP) is 1.48. The van der Waals surface area contributed by atoms with Crippen LogP contribution in [-0.4, -0.2) is 62.9 Å². The Morgan fingerprint density at radius 3 is 2.68 bits per heavy atom. The number of carbonyl (C=O) groups excluding carboxylic acids is 1. The number of piperidine rings is 1. The highest BCUT2D eigenvalue weighted by molar-refractivity contribution is 7.89. The van der Waals surface area contributed by atoms with Crippen molar-refractivity contribution in [3.8, 4) is 11.5 Å². The minimum atomic E-state index is -3.77. The second-order valence-corrected chi connectivity index (χ2v) is 8.54. The summed E-state index contributed by atoms with van der Waals surface area (Å²) in [5, 5.41) is 0. The quantitative estimate of drug-likeness (QED) is 0.805. The van der Waals surface area contributed by atoms with Gasteiger partial charge in [-0.15, -0.1) is 0 Å². The Bertz CT molecular complexity index is 749. The van der Waals surface area contributed by atoms with Gasteiger partial charge in [0.1, 0.15) is 13.2 Å². The maximum Gasteiger partial charge on any atom is 0.243 e. The van der Waals surface area contributed by atoms with Gasteiger partial charge in [-0.05, 0) is 38.3 Å². The third kappa shape index (κ3) is 3.74. The van der Waals surface area contributed by atoms with Crippen molar-refractivity contribution in [2.45, 2.75) is 37.1 Å². The number of ether oxygens (including phenoxy) is 2. The van der Waals surface area contributed by atoms with Crippen LogP contribution in [0.5, 0.6) is 11.5 Å². The molecule has 2 aliphatic rings. The van der Waals surface area contributed by atoms with Gasteiger partial charge in [0.25, 0.3) is 0 Å². The maximum absolute atomic E-state index is 12.8. The average molecular weight is 368 g/mol. The van der Waals surface area contributed by atoms with Crippen LogP contribution in [0, 0.1) is 0 Å². The smallest absolute Gasteiger partial charge is 0.243 e. The van der Waals surface area contributed by atoms with Crippen LogP contribution >= 0.6 is 0 Å². The summed E-state index contributed by atoms with van der Waals surface area (Å²) >= 11 is 0. The van der Waals surface area contributed by atoms with Gasteiger partial charge in [-0.3, -0.25) is 4.79 Å². The van der Waals surface area contributed by atoms with E-state index < -0.39 is 10.0 Å². The molecule has 7 nitrogen and oxygen atoms in total. The highest BCUT2D eigenvalue weighted by Gasteiger charge is 2.29. The van der Waals surface area contributed by atoms with E-state index in [4.69, 9.17) is 9.47 Å². The number of rotatable bonds is 4. The lowest BCUT2D eigenvalue weighted by molar-refractivity contribution is -0.134. The minimum absolute atomic E-state index is 0.0961. The second kappa shape index (κ2) is 7.21. The zero-order valence-electron chi connectivity index (χ0n) is 14.6. The molecular formula is C17H24N2O5S. The van der Waals surface area contributed by atoms with Crippen molar-refractivity contribution in [3.05, 3.63) is 18.2 Å². The molecule has 0 bridgehead atoms. The van der Waals surface area contributed by atoms with Crippen LogP contribution in [-0.2, 0) is 14.8 Å². The average Bonchev–Trinajstić information content (AvgIpc) is 2.61. The number of carbonyl (C=O) groups is 1. The summed E-state index contributed by atoms with van der Waals surface area (Å²) in [5.41, 5.74) is 0. The fourth-order valence-electron chi connectivity index (χ4n) is 3.20. The molecular weight excluding hydrogens is 344 g/mol. The molecule has 0 spiro atoms. The molecule has 0 radical (unpaired) electrons. The highest BCUT2D eigenvalue weighted by atomic mass is 32.2. The lowest BCUT2D eigenvalue weighted by atomic mass is 10.0. The lowest BCUT2D eigenvalue weighted by Gasteiger charge is -2.34. The predicted molar refractivity (Wildman–Crippen MR) is 92.3 cm³/mol. The molecule has 0 saturated carbocycles. The number of hydrogen-bond acceptors (Lipinski definition) is 5. The van der Waals surface area contributed by atoms with E-state index in [9.17, 15) is 13.2 Å². The number of fused-ring (bicyclic) bond motifs is 1. The number of likely N-dealkylation sites (N-methyl/N-ethyl adjacent to an activating group) is 1. The Morgan fingerprint density at radius 2 is 1.96 bits per heavy atom. The first-order chi connectivity index (χ1) is 11.9. The Balaban J connectivity index is 1.74. The number of nitrogens with zero attached hydrogens (tertiary/aromatic N) is 2. The Morgan fingerprint density at radius 1 is 1.24 bits per heavy atom. The standard InChI is InChI=1S/C17H24N2O5S/c1-13-5-3-4-8-19(13)17(20)12-18(2)25(21,22)14-6-7-15-16(11-14)24-10-9-23-15/h6-7,11,13H,3-5,8-10,12H2,1-2H3/t13-/m1/s1. The zero-order chi connectivity index (χ0) is 18.0. The fourth-order valence-corrected chi connectivity index (χ4v) is 4.34. The molecule has 0 N–H and O–H groups in total. The highest BCUT2D eigenvalue weighted by Crippen LogP contribution is 2.33. The topological polar surface area (TPSA) is 76.2 Å². The molecule has 2 aliphatic heterocycles. The molecule has 1 aromatic rings. The van der Waals surface area contributed by atoms with Gasteiger partial charge in [-0.2, -0.15) is 4.31 Å². The summed E-state index contributed by atoms with van der Waals surface area (Å²) in [6, 6.07) is 4.68. The van der Waals surface area contributed by atoms with Gasteiger partial charge in [0.2, 0.25) is 15.9 Å². The first-order valence-corrected chi connectivity index (χ1v) is 9.99.